The molecule has 0 saturated heterocycles. The predicted octanol–water partition coefficient (Wildman–Crippen LogP) is 2.52. The number of aliphatic hydroxyl groups excluding tert-OH is 1. The van der Waals surface area contributed by atoms with Crippen molar-refractivity contribution >= 4 is 5.82 Å². The molecule has 1 aromatic carbocycles. The molecule has 112 valence electrons. The van der Waals surface area contributed by atoms with Crippen LogP contribution in [-0.2, 0) is 0 Å². The second kappa shape index (κ2) is 6.99. The van der Waals surface area contributed by atoms with Gasteiger partial charge in [-0.25, -0.2) is 13.8 Å². The SMILES string of the molecule is Cc1cccc(NC[C@H](O)COc2ccc(F)c(F)c2)n1. The molecule has 2 rings (SSSR count). The first-order valence-corrected chi connectivity index (χ1v) is 6.48. The first-order valence-electron chi connectivity index (χ1n) is 6.48. The van der Waals surface area contributed by atoms with Crippen molar-refractivity contribution in [1.82, 2.24) is 4.98 Å². The molecule has 1 heterocycles. The molecule has 0 aliphatic carbocycles. The van der Waals surface area contributed by atoms with E-state index in [1.807, 2.05) is 19.1 Å². The zero-order chi connectivity index (χ0) is 15.2. The van der Waals surface area contributed by atoms with Crippen molar-refractivity contribution in [3.63, 3.8) is 0 Å². The molecule has 2 aromatic rings. The van der Waals surface area contributed by atoms with Crippen LogP contribution in [0, 0.1) is 18.6 Å². The Morgan fingerprint density at radius 3 is 2.76 bits per heavy atom. The monoisotopic (exact) mass is 294 g/mol. The average Bonchev–Trinajstić information content (AvgIpc) is 2.46. The van der Waals surface area contributed by atoms with E-state index in [1.54, 1.807) is 6.07 Å². The van der Waals surface area contributed by atoms with Gasteiger partial charge in [-0.15, -0.1) is 0 Å². The molecular formula is C15H16F2N2O2. The molecular weight excluding hydrogens is 278 g/mol. The molecule has 1 aromatic heterocycles. The fraction of sp³-hybridized carbons (Fsp3) is 0.267. The van der Waals surface area contributed by atoms with E-state index in [4.69, 9.17) is 4.74 Å². The van der Waals surface area contributed by atoms with Crippen molar-refractivity contribution in [3.05, 3.63) is 53.7 Å². The van der Waals surface area contributed by atoms with Crippen LogP contribution in [0.4, 0.5) is 14.6 Å². The Labute approximate surface area is 121 Å². The van der Waals surface area contributed by atoms with Crippen LogP contribution in [0.3, 0.4) is 0 Å². The Kier molecular flexibility index (Phi) is 5.05. The molecule has 0 saturated carbocycles. The van der Waals surface area contributed by atoms with Crippen molar-refractivity contribution in [3.8, 4) is 5.75 Å². The summed E-state index contributed by atoms with van der Waals surface area (Å²) in [6.45, 7) is 2.07. The van der Waals surface area contributed by atoms with Gasteiger partial charge in [-0.3, -0.25) is 0 Å². The number of ether oxygens (including phenoxy) is 1. The Hall–Kier alpha value is -2.21. The molecule has 0 aliphatic heterocycles. The van der Waals surface area contributed by atoms with Gasteiger partial charge < -0.3 is 15.2 Å². The normalized spacial score (nSPS) is 12.0. The van der Waals surface area contributed by atoms with Crippen LogP contribution in [0.25, 0.3) is 0 Å². The minimum absolute atomic E-state index is 0.0378. The molecule has 4 nitrogen and oxygen atoms in total. The van der Waals surface area contributed by atoms with E-state index in [-0.39, 0.29) is 18.9 Å². The number of hydrogen-bond donors (Lipinski definition) is 2. The highest BCUT2D eigenvalue weighted by Crippen LogP contribution is 2.15. The minimum Gasteiger partial charge on any atom is -0.491 e. The summed E-state index contributed by atoms with van der Waals surface area (Å²) in [5, 5.41) is 12.7. The van der Waals surface area contributed by atoms with E-state index in [9.17, 15) is 13.9 Å². The number of aromatic nitrogens is 1. The second-order valence-corrected chi connectivity index (χ2v) is 4.59. The molecule has 6 heteroatoms. The van der Waals surface area contributed by atoms with Gasteiger partial charge in [0.2, 0.25) is 0 Å². The number of pyridine rings is 1. The van der Waals surface area contributed by atoms with Gasteiger partial charge in [0.25, 0.3) is 0 Å². The summed E-state index contributed by atoms with van der Waals surface area (Å²) in [7, 11) is 0. The van der Waals surface area contributed by atoms with Crippen molar-refractivity contribution in [2.45, 2.75) is 13.0 Å². The number of rotatable bonds is 6. The van der Waals surface area contributed by atoms with Crippen LogP contribution in [0.2, 0.25) is 0 Å². The third kappa shape index (κ3) is 4.68. The summed E-state index contributed by atoms with van der Waals surface area (Å²) in [4.78, 5) is 4.23. The highest BCUT2D eigenvalue weighted by Gasteiger charge is 2.08. The minimum atomic E-state index is -0.982. The van der Waals surface area contributed by atoms with Gasteiger partial charge in [0.15, 0.2) is 11.6 Å². The van der Waals surface area contributed by atoms with Gasteiger partial charge in [0.1, 0.15) is 24.3 Å². The molecule has 0 bridgehead atoms. The highest BCUT2D eigenvalue weighted by molar-refractivity contribution is 5.35. The number of nitrogens with one attached hydrogen (secondary N) is 1. The Bertz CT molecular complexity index is 608. The van der Waals surface area contributed by atoms with Crippen LogP contribution in [0.15, 0.2) is 36.4 Å². The number of aliphatic hydroxyl groups is 1. The molecule has 0 spiro atoms. The van der Waals surface area contributed by atoms with E-state index in [2.05, 4.69) is 10.3 Å². The van der Waals surface area contributed by atoms with Gasteiger partial charge in [0.05, 0.1) is 0 Å². The zero-order valence-corrected chi connectivity index (χ0v) is 11.5. The lowest BCUT2D eigenvalue weighted by molar-refractivity contribution is 0.117. The third-order valence-electron chi connectivity index (χ3n) is 2.74. The van der Waals surface area contributed by atoms with Crippen LogP contribution in [0.1, 0.15) is 5.69 Å². The molecule has 0 unspecified atom stereocenters. The summed E-state index contributed by atoms with van der Waals surface area (Å²) in [6, 6.07) is 8.74. The van der Waals surface area contributed by atoms with Crippen molar-refractivity contribution in [1.29, 1.82) is 0 Å². The topological polar surface area (TPSA) is 54.4 Å². The van der Waals surface area contributed by atoms with E-state index < -0.39 is 17.7 Å². The summed E-state index contributed by atoms with van der Waals surface area (Å²) >= 11 is 0. The standard InChI is InChI=1S/C15H16F2N2O2/c1-10-3-2-4-15(19-10)18-8-11(20)9-21-12-5-6-13(16)14(17)7-12/h2-7,11,20H,8-9H2,1H3,(H,18,19)/t11-/m0/s1. The quantitative estimate of drug-likeness (QED) is 0.859. The van der Waals surface area contributed by atoms with Crippen LogP contribution in [0.5, 0.6) is 5.75 Å². The lowest BCUT2D eigenvalue weighted by Gasteiger charge is -2.14. The van der Waals surface area contributed by atoms with Crippen molar-refractivity contribution in [2.24, 2.45) is 0 Å². The van der Waals surface area contributed by atoms with Gasteiger partial charge >= 0.3 is 0 Å². The highest BCUT2D eigenvalue weighted by atomic mass is 19.2. The van der Waals surface area contributed by atoms with E-state index in [0.29, 0.717) is 5.82 Å². The molecule has 2 N–H and O–H groups in total. The van der Waals surface area contributed by atoms with Crippen LogP contribution >= 0.6 is 0 Å². The summed E-state index contributed by atoms with van der Waals surface area (Å²) in [5.41, 5.74) is 0.868. The Morgan fingerprint density at radius 2 is 2.05 bits per heavy atom. The number of nitrogens with zero attached hydrogens (tertiary/aromatic N) is 1. The van der Waals surface area contributed by atoms with Gasteiger partial charge in [0, 0.05) is 18.3 Å². The lowest BCUT2D eigenvalue weighted by Crippen LogP contribution is -2.26. The van der Waals surface area contributed by atoms with Crippen LogP contribution < -0.4 is 10.1 Å². The molecule has 1 atom stereocenters. The second-order valence-electron chi connectivity index (χ2n) is 4.59. The zero-order valence-electron chi connectivity index (χ0n) is 11.5. The molecule has 0 amide bonds. The predicted molar refractivity (Wildman–Crippen MR) is 75.3 cm³/mol. The Balaban J connectivity index is 1.79. The fourth-order valence-electron chi connectivity index (χ4n) is 1.68. The molecule has 0 aliphatic rings. The number of hydrogen-bond acceptors (Lipinski definition) is 4. The summed E-state index contributed by atoms with van der Waals surface area (Å²) < 4.78 is 30.9. The van der Waals surface area contributed by atoms with Gasteiger partial charge in [-0.1, -0.05) is 6.07 Å². The third-order valence-corrected chi connectivity index (χ3v) is 2.74. The number of halogens is 2. The molecule has 21 heavy (non-hydrogen) atoms. The number of benzene rings is 1. The summed E-state index contributed by atoms with van der Waals surface area (Å²) in [5.74, 6) is -1.09. The van der Waals surface area contributed by atoms with Crippen LogP contribution in [-0.4, -0.2) is 29.3 Å². The first-order chi connectivity index (χ1) is 10.0. The van der Waals surface area contributed by atoms with E-state index >= 15 is 0 Å². The van der Waals surface area contributed by atoms with Gasteiger partial charge in [-0.05, 0) is 31.2 Å². The van der Waals surface area contributed by atoms with Crippen molar-refractivity contribution in [2.75, 3.05) is 18.5 Å². The average molecular weight is 294 g/mol. The molecule has 0 radical (unpaired) electrons. The molecule has 0 fully saturated rings. The maximum atomic E-state index is 13.0. The summed E-state index contributed by atoms with van der Waals surface area (Å²) in [6.07, 6.45) is -0.805. The maximum Gasteiger partial charge on any atom is 0.162 e. The van der Waals surface area contributed by atoms with Crippen molar-refractivity contribution < 1.29 is 18.6 Å². The smallest absolute Gasteiger partial charge is 0.162 e. The van der Waals surface area contributed by atoms with E-state index in [0.717, 1.165) is 17.8 Å². The number of anilines is 1. The van der Waals surface area contributed by atoms with Gasteiger partial charge in [-0.2, -0.15) is 0 Å². The number of aryl methyl sites for hydroxylation is 1. The Morgan fingerprint density at radius 1 is 1.24 bits per heavy atom. The maximum absolute atomic E-state index is 13.0. The van der Waals surface area contributed by atoms with E-state index in [1.165, 1.54) is 6.07 Å². The fourth-order valence-corrected chi connectivity index (χ4v) is 1.68. The first kappa shape index (κ1) is 15.2. The largest absolute Gasteiger partial charge is 0.491 e. The lowest BCUT2D eigenvalue weighted by atomic mass is 10.3.